The van der Waals surface area contributed by atoms with E-state index in [1.807, 2.05) is 0 Å². The third-order valence-electron chi connectivity index (χ3n) is 5.11. The summed E-state index contributed by atoms with van der Waals surface area (Å²) < 4.78 is 0. The van der Waals surface area contributed by atoms with Gasteiger partial charge in [0.1, 0.15) is 0 Å². The molecule has 1 atom stereocenters. The van der Waals surface area contributed by atoms with E-state index >= 15 is 0 Å². The number of hydrogen-bond donors (Lipinski definition) is 0. The summed E-state index contributed by atoms with van der Waals surface area (Å²) >= 11 is 1.71. The molecule has 0 aliphatic heterocycles. The van der Waals surface area contributed by atoms with Crippen LogP contribution in [0, 0.1) is 0 Å². The van der Waals surface area contributed by atoms with E-state index in [1.165, 1.54) is 36.0 Å². The molecule has 2 aliphatic rings. The number of nitrogens with zero attached hydrogens (tertiary/aromatic N) is 1. The van der Waals surface area contributed by atoms with Crippen LogP contribution in [0.5, 0.6) is 0 Å². The molecule has 120 valence electrons. The molecule has 1 saturated carbocycles. The van der Waals surface area contributed by atoms with E-state index in [-0.39, 0.29) is 0 Å². The van der Waals surface area contributed by atoms with Crippen molar-refractivity contribution in [3.05, 3.63) is 57.8 Å². The molecule has 3 heteroatoms. The van der Waals surface area contributed by atoms with Gasteiger partial charge >= 0.3 is 0 Å². The number of carbonyl (C=O) groups is 1. The fourth-order valence-electron chi connectivity index (χ4n) is 3.82. The number of rotatable bonds is 5. The maximum atomic E-state index is 13.0. The Kier molecular flexibility index (Phi) is 4.21. The second kappa shape index (κ2) is 6.48. The van der Waals surface area contributed by atoms with Crippen molar-refractivity contribution in [2.24, 2.45) is 0 Å². The van der Waals surface area contributed by atoms with Crippen LogP contribution in [0.3, 0.4) is 0 Å². The van der Waals surface area contributed by atoms with Crippen LogP contribution in [0.1, 0.15) is 54.8 Å². The highest BCUT2D eigenvalue weighted by Gasteiger charge is 2.38. The van der Waals surface area contributed by atoms with Crippen LogP contribution >= 0.6 is 11.3 Å². The maximum absolute atomic E-state index is 13.0. The minimum absolute atomic E-state index is 0.308. The van der Waals surface area contributed by atoms with Crippen LogP contribution in [0.25, 0.3) is 0 Å². The van der Waals surface area contributed by atoms with E-state index in [0.29, 0.717) is 24.4 Å². The number of hydrogen-bond acceptors (Lipinski definition) is 2. The molecule has 1 heterocycles. The Labute approximate surface area is 142 Å². The zero-order chi connectivity index (χ0) is 15.6. The molecule has 4 rings (SSSR count). The summed E-state index contributed by atoms with van der Waals surface area (Å²) in [6.45, 7) is 0. The summed E-state index contributed by atoms with van der Waals surface area (Å²) in [5, 5.41) is 4.25. The van der Waals surface area contributed by atoms with E-state index in [1.54, 1.807) is 11.3 Å². The Morgan fingerprint density at radius 2 is 2.04 bits per heavy atom. The van der Waals surface area contributed by atoms with Crippen molar-refractivity contribution in [2.45, 2.75) is 57.0 Å². The number of amides is 1. The zero-order valence-electron chi connectivity index (χ0n) is 13.4. The third-order valence-corrected chi connectivity index (χ3v) is 5.84. The Balaban J connectivity index is 1.53. The SMILES string of the molecule is O=C(CCc1ccsc1)N(C1CC1)C1CCCc2ccccc21. The van der Waals surface area contributed by atoms with Gasteiger partial charge < -0.3 is 4.90 Å². The maximum Gasteiger partial charge on any atom is 0.223 e. The monoisotopic (exact) mass is 325 g/mol. The first kappa shape index (κ1) is 14.9. The van der Waals surface area contributed by atoms with Crippen LogP contribution in [0.4, 0.5) is 0 Å². The van der Waals surface area contributed by atoms with Crippen LogP contribution in [0.15, 0.2) is 41.1 Å². The van der Waals surface area contributed by atoms with E-state index in [2.05, 4.69) is 46.0 Å². The van der Waals surface area contributed by atoms with Crippen molar-refractivity contribution in [1.29, 1.82) is 0 Å². The topological polar surface area (TPSA) is 20.3 Å². The quantitative estimate of drug-likeness (QED) is 0.777. The highest BCUT2D eigenvalue weighted by molar-refractivity contribution is 7.07. The largest absolute Gasteiger partial charge is 0.333 e. The fraction of sp³-hybridized carbons (Fsp3) is 0.450. The van der Waals surface area contributed by atoms with E-state index in [0.717, 1.165) is 19.3 Å². The third kappa shape index (κ3) is 3.20. The smallest absolute Gasteiger partial charge is 0.223 e. The summed E-state index contributed by atoms with van der Waals surface area (Å²) in [5.41, 5.74) is 4.14. The van der Waals surface area contributed by atoms with Gasteiger partial charge in [0.25, 0.3) is 0 Å². The minimum Gasteiger partial charge on any atom is -0.333 e. The molecule has 1 aromatic heterocycles. The van der Waals surface area contributed by atoms with Gasteiger partial charge in [0.05, 0.1) is 6.04 Å². The molecule has 2 aromatic rings. The van der Waals surface area contributed by atoms with Crippen LogP contribution < -0.4 is 0 Å². The molecular weight excluding hydrogens is 302 g/mol. The predicted octanol–water partition coefficient (Wildman–Crippen LogP) is 4.75. The number of thiophene rings is 1. The van der Waals surface area contributed by atoms with Gasteiger partial charge in [-0.3, -0.25) is 4.79 Å². The molecule has 0 spiro atoms. The molecule has 1 aromatic carbocycles. The molecule has 0 saturated heterocycles. The van der Waals surface area contributed by atoms with Crippen molar-refractivity contribution in [3.63, 3.8) is 0 Å². The van der Waals surface area contributed by atoms with Gasteiger partial charge in [-0.2, -0.15) is 11.3 Å². The second-order valence-electron chi connectivity index (χ2n) is 6.77. The first-order valence-corrected chi connectivity index (χ1v) is 9.67. The number of benzene rings is 1. The predicted molar refractivity (Wildman–Crippen MR) is 94.6 cm³/mol. The van der Waals surface area contributed by atoms with Crippen molar-refractivity contribution in [1.82, 2.24) is 4.90 Å². The van der Waals surface area contributed by atoms with Crippen molar-refractivity contribution >= 4 is 17.2 Å². The normalized spacial score (nSPS) is 20.1. The lowest BCUT2D eigenvalue weighted by Gasteiger charge is -2.36. The van der Waals surface area contributed by atoms with E-state index in [9.17, 15) is 4.79 Å². The Morgan fingerprint density at radius 1 is 1.17 bits per heavy atom. The summed E-state index contributed by atoms with van der Waals surface area (Å²) in [7, 11) is 0. The van der Waals surface area contributed by atoms with Crippen LogP contribution in [0.2, 0.25) is 0 Å². The lowest BCUT2D eigenvalue weighted by molar-refractivity contribution is -0.134. The van der Waals surface area contributed by atoms with Crippen molar-refractivity contribution in [2.75, 3.05) is 0 Å². The molecule has 23 heavy (non-hydrogen) atoms. The van der Waals surface area contributed by atoms with Crippen LogP contribution in [-0.4, -0.2) is 16.8 Å². The van der Waals surface area contributed by atoms with Gasteiger partial charge in [-0.1, -0.05) is 24.3 Å². The van der Waals surface area contributed by atoms with Gasteiger partial charge in [0.2, 0.25) is 5.91 Å². The molecule has 1 unspecified atom stereocenters. The van der Waals surface area contributed by atoms with Crippen molar-refractivity contribution < 1.29 is 4.79 Å². The molecule has 2 nitrogen and oxygen atoms in total. The summed E-state index contributed by atoms with van der Waals surface area (Å²) in [6.07, 6.45) is 7.37. The Bertz CT molecular complexity index is 675. The molecule has 2 aliphatic carbocycles. The molecule has 1 fully saturated rings. The first-order chi connectivity index (χ1) is 11.3. The van der Waals surface area contributed by atoms with Gasteiger partial charge in [-0.05, 0) is 72.0 Å². The van der Waals surface area contributed by atoms with E-state index in [4.69, 9.17) is 0 Å². The summed E-state index contributed by atoms with van der Waals surface area (Å²) in [4.78, 5) is 15.2. The number of carbonyl (C=O) groups excluding carboxylic acids is 1. The minimum atomic E-state index is 0.308. The average Bonchev–Trinajstić information content (AvgIpc) is 3.27. The summed E-state index contributed by atoms with van der Waals surface area (Å²) in [6, 6.07) is 11.7. The molecular formula is C20H23NOS. The molecule has 0 N–H and O–H groups in total. The lowest BCUT2D eigenvalue weighted by atomic mass is 9.86. The highest BCUT2D eigenvalue weighted by atomic mass is 32.1. The highest BCUT2D eigenvalue weighted by Crippen LogP contribution is 2.41. The Hall–Kier alpha value is -1.61. The lowest BCUT2D eigenvalue weighted by Crippen LogP contribution is -2.38. The standard InChI is InChI=1S/C20H23NOS/c22-20(11-8-15-12-13-23-14-15)21(17-9-10-17)19-7-3-5-16-4-1-2-6-18(16)19/h1-2,4,6,12-14,17,19H,3,5,7-11H2. The zero-order valence-corrected chi connectivity index (χ0v) is 14.2. The van der Waals surface area contributed by atoms with Gasteiger partial charge in [0, 0.05) is 12.5 Å². The Morgan fingerprint density at radius 3 is 2.83 bits per heavy atom. The molecule has 0 bridgehead atoms. The first-order valence-electron chi connectivity index (χ1n) is 8.73. The van der Waals surface area contributed by atoms with Crippen molar-refractivity contribution in [3.8, 4) is 0 Å². The summed E-state index contributed by atoms with van der Waals surface area (Å²) in [5.74, 6) is 0.348. The number of aryl methyl sites for hydroxylation is 2. The van der Waals surface area contributed by atoms with E-state index < -0.39 is 0 Å². The van der Waals surface area contributed by atoms with Gasteiger partial charge in [0.15, 0.2) is 0 Å². The number of fused-ring (bicyclic) bond motifs is 1. The van der Waals surface area contributed by atoms with Gasteiger partial charge in [-0.25, -0.2) is 0 Å². The second-order valence-corrected chi connectivity index (χ2v) is 7.55. The van der Waals surface area contributed by atoms with Crippen LogP contribution in [-0.2, 0) is 17.6 Å². The fourth-order valence-corrected chi connectivity index (χ4v) is 4.52. The average molecular weight is 325 g/mol. The molecule has 0 radical (unpaired) electrons. The molecule has 1 amide bonds. The van der Waals surface area contributed by atoms with Gasteiger partial charge in [-0.15, -0.1) is 0 Å².